The number of hydrogen-bond donors (Lipinski definition) is 0. The van der Waals surface area contributed by atoms with Gasteiger partial charge < -0.3 is 14.2 Å². The van der Waals surface area contributed by atoms with Gasteiger partial charge in [0.25, 0.3) is 0 Å². The topological polar surface area (TPSA) is 65.1 Å². The van der Waals surface area contributed by atoms with E-state index in [1.165, 1.54) is 0 Å². The number of esters is 2. The molecule has 21 heavy (non-hydrogen) atoms. The van der Waals surface area contributed by atoms with Crippen LogP contribution in [0.5, 0.6) is 0 Å². The summed E-state index contributed by atoms with van der Waals surface area (Å²) in [5, 5.41) is 0. The van der Waals surface area contributed by atoms with Gasteiger partial charge in [0, 0.05) is 19.6 Å². The van der Waals surface area contributed by atoms with Crippen LogP contribution in [0.1, 0.15) is 13.8 Å². The lowest BCUT2D eigenvalue weighted by molar-refractivity contribution is -0.159. The van der Waals surface area contributed by atoms with E-state index in [4.69, 9.17) is 14.2 Å². The summed E-state index contributed by atoms with van der Waals surface area (Å²) >= 11 is 4.00. The van der Waals surface area contributed by atoms with Crippen LogP contribution in [0, 0.1) is 0 Å². The maximum Gasteiger partial charge on any atom is 0.319 e. The van der Waals surface area contributed by atoms with Gasteiger partial charge >= 0.3 is 11.9 Å². The quantitative estimate of drug-likeness (QED) is 0.285. The first-order chi connectivity index (χ1) is 9.90. The highest BCUT2D eigenvalue weighted by Crippen LogP contribution is 2.09. The van der Waals surface area contributed by atoms with Crippen molar-refractivity contribution in [2.24, 2.45) is 0 Å². The number of alkyl halides is 2. The zero-order chi connectivity index (χ0) is 15.8. The lowest BCUT2D eigenvalue weighted by atomic mass is 10.3. The standard InChI is InChI=1S/C13H21I2NO5/c1-9(14)12(17)20-8-11(21-13(18)10(2)15)7-16-3-5-19-6-4-16/h9-11H,3-8H2,1-2H3. The van der Waals surface area contributed by atoms with Crippen LogP contribution in [0.3, 0.4) is 0 Å². The summed E-state index contributed by atoms with van der Waals surface area (Å²) in [7, 11) is 0. The minimum atomic E-state index is -0.438. The van der Waals surface area contributed by atoms with E-state index in [1.807, 2.05) is 45.2 Å². The van der Waals surface area contributed by atoms with Crippen LogP contribution in [0.2, 0.25) is 0 Å². The van der Waals surface area contributed by atoms with Crippen molar-refractivity contribution < 1.29 is 23.8 Å². The molecule has 0 aromatic rings. The summed E-state index contributed by atoms with van der Waals surface area (Å²) in [5.41, 5.74) is 0. The fourth-order valence-electron chi connectivity index (χ4n) is 1.74. The SMILES string of the molecule is CC(I)C(=O)OCC(CN1CCOCC1)OC(=O)C(C)I. The predicted molar refractivity (Wildman–Crippen MR) is 95.1 cm³/mol. The molecule has 0 N–H and O–H groups in total. The number of halogens is 2. The van der Waals surface area contributed by atoms with E-state index in [-0.39, 0.29) is 26.4 Å². The van der Waals surface area contributed by atoms with Crippen molar-refractivity contribution >= 4 is 57.1 Å². The zero-order valence-electron chi connectivity index (χ0n) is 12.2. The van der Waals surface area contributed by atoms with Crippen LogP contribution in [0.4, 0.5) is 0 Å². The first-order valence-electron chi connectivity index (χ1n) is 6.85. The highest BCUT2D eigenvalue weighted by atomic mass is 127. The normalized spacial score (nSPS) is 20.4. The monoisotopic (exact) mass is 525 g/mol. The molecule has 0 bridgehead atoms. The molecule has 1 heterocycles. The second kappa shape index (κ2) is 10.2. The molecule has 0 amide bonds. The Labute approximate surface area is 152 Å². The van der Waals surface area contributed by atoms with Crippen molar-refractivity contribution in [3.63, 3.8) is 0 Å². The average Bonchev–Trinajstić information content (AvgIpc) is 2.45. The second-order valence-electron chi connectivity index (χ2n) is 4.83. The third kappa shape index (κ3) is 7.93. The van der Waals surface area contributed by atoms with Crippen LogP contribution >= 0.6 is 45.2 Å². The van der Waals surface area contributed by atoms with Crippen molar-refractivity contribution in [2.75, 3.05) is 39.5 Å². The van der Waals surface area contributed by atoms with Gasteiger partial charge in [-0.2, -0.15) is 0 Å². The van der Waals surface area contributed by atoms with Gasteiger partial charge in [0.05, 0.1) is 13.2 Å². The Balaban J connectivity index is 2.51. The predicted octanol–water partition coefficient (Wildman–Crippen LogP) is 1.42. The van der Waals surface area contributed by atoms with Crippen molar-refractivity contribution in [1.29, 1.82) is 0 Å². The summed E-state index contributed by atoms with van der Waals surface area (Å²) in [6, 6.07) is 0. The Hall–Kier alpha value is 0.320. The smallest absolute Gasteiger partial charge is 0.319 e. The number of carbonyl (C=O) groups is 2. The molecular formula is C13H21I2NO5. The number of hydrogen-bond acceptors (Lipinski definition) is 6. The van der Waals surface area contributed by atoms with E-state index in [1.54, 1.807) is 13.8 Å². The third-order valence-corrected chi connectivity index (χ3v) is 3.93. The summed E-state index contributed by atoms with van der Waals surface area (Å²) in [6.07, 6.45) is -0.438. The van der Waals surface area contributed by atoms with Crippen LogP contribution in [0.25, 0.3) is 0 Å². The minimum Gasteiger partial charge on any atom is -0.461 e. The largest absolute Gasteiger partial charge is 0.461 e. The lowest BCUT2D eigenvalue weighted by Crippen LogP contribution is -2.44. The Morgan fingerprint density at radius 1 is 1.14 bits per heavy atom. The summed E-state index contributed by atoms with van der Waals surface area (Å²) in [4.78, 5) is 25.5. The van der Waals surface area contributed by atoms with Crippen LogP contribution in [-0.4, -0.2) is 70.2 Å². The van der Waals surface area contributed by atoms with E-state index in [2.05, 4.69) is 4.90 Å². The average molecular weight is 525 g/mol. The molecule has 1 aliphatic heterocycles. The van der Waals surface area contributed by atoms with Gasteiger partial charge in [0.2, 0.25) is 0 Å². The first kappa shape index (κ1) is 19.4. The molecule has 1 fully saturated rings. The van der Waals surface area contributed by atoms with Gasteiger partial charge in [0.1, 0.15) is 20.6 Å². The number of morpholine rings is 1. The summed E-state index contributed by atoms with van der Waals surface area (Å²) in [6.45, 7) is 7.13. The Bertz CT molecular complexity index is 345. The van der Waals surface area contributed by atoms with Crippen molar-refractivity contribution in [2.45, 2.75) is 27.8 Å². The van der Waals surface area contributed by atoms with Gasteiger partial charge in [-0.05, 0) is 13.8 Å². The molecule has 0 spiro atoms. The number of rotatable bonds is 7. The Morgan fingerprint density at radius 3 is 2.24 bits per heavy atom. The van der Waals surface area contributed by atoms with E-state index in [0.29, 0.717) is 19.8 Å². The van der Waals surface area contributed by atoms with Crippen molar-refractivity contribution in [3.05, 3.63) is 0 Å². The molecule has 0 aliphatic carbocycles. The highest BCUT2D eigenvalue weighted by Gasteiger charge is 2.24. The summed E-state index contributed by atoms with van der Waals surface area (Å²) < 4.78 is 15.5. The Kier molecular flexibility index (Phi) is 9.37. The van der Waals surface area contributed by atoms with Crippen molar-refractivity contribution in [1.82, 2.24) is 4.90 Å². The molecule has 0 aromatic heterocycles. The molecule has 1 rings (SSSR count). The second-order valence-corrected chi connectivity index (χ2v) is 8.57. The fraction of sp³-hybridized carbons (Fsp3) is 0.846. The van der Waals surface area contributed by atoms with Gasteiger partial charge in [-0.15, -0.1) is 0 Å². The lowest BCUT2D eigenvalue weighted by Gasteiger charge is -2.30. The van der Waals surface area contributed by atoms with Gasteiger partial charge in [0.15, 0.2) is 0 Å². The molecule has 8 heteroatoms. The van der Waals surface area contributed by atoms with Gasteiger partial charge in [-0.1, -0.05) is 45.2 Å². The molecule has 0 radical (unpaired) electrons. The molecule has 0 aromatic carbocycles. The molecule has 122 valence electrons. The minimum absolute atomic E-state index is 0.0959. The number of nitrogens with zero attached hydrogens (tertiary/aromatic N) is 1. The number of carbonyl (C=O) groups excluding carboxylic acids is 2. The molecule has 3 atom stereocenters. The molecule has 0 saturated carbocycles. The zero-order valence-corrected chi connectivity index (χ0v) is 16.5. The maximum atomic E-state index is 11.8. The Morgan fingerprint density at radius 2 is 1.71 bits per heavy atom. The van der Waals surface area contributed by atoms with Gasteiger partial charge in [-0.3, -0.25) is 14.5 Å². The van der Waals surface area contributed by atoms with E-state index >= 15 is 0 Å². The molecular weight excluding hydrogens is 504 g/mol. The molecule has 3 unspecified atom stereocenters. The van der Waals surface area contributed by atoms with Crippen molar-refractivity contribution in [3.8, 4) is 0 Å². The van der Waals surface area contributed by atoms with E-state index in [9.17, 15) is 9.59 Å². The van der Waals surface area contributed by atoms with E-state index < -0.39 is 6.10 Å². The third-order valence-electron chi connectivity index (χ3n) is 2.91. The molecule has 1 aliphatic rings. The van der Waals surface area contributed by atoms with Crippen LogP contribution in [-0.2, 0) is 23.8 Å². The maximum absolute atomic E-state index is 11.8. The first-order valence-corrected chi connectivity index (χ1v) is 9.34. The molecule has 6 nitrogen and oxygen atoms in total. The summed E-state index contributed by atoms with van der Waals surface area (Å²) in [5.74, 6) is -0.575. The highest BCUT2D eigenvalue weighted by molar-refractivity contribution is 14.1. The van der Waals surface area contributed by atoms with Crippen LogP contribution < -0.4 is 0 Å². The molecule has 1 saturated heterocycles. The number of ether oxygens (including phenoxy) is 3. The van der Waals surface area contributed by atoms with E-state index in [0.717, 1.165) is 13.1 Å². The fourth-order valence-corrected chi connectivity index (χ4v) is 2.07. The van der Waals surface area contributed by atoms with Crippen LogP contribution in [0.15, 0.2) is 0 Å². The van der Waals surface area contributed by atoms with Gasteiger partial charge in [-0.25, -0.2) is 0 Å².